The molecule has 45 heavy (non-hydrogen) atoms. The van der Waals surface area contributed by atoms with Crippen molar-refractivity contribution in [3.05, 3.63) is 82.8 Å². The number of fused-ring (bicyclic) bond motifs is 4. The number of carbonyl (C=O) groups is 2. The van der Waals surface area contributed by atoms with Gasteiger partial charge in [-0.15, -0.1) is 0 Å². The van der Waals surface area contributed by atoms with Crippen molar-refractivity contribution < 1.29 is 33.4 Å². The van der Waals surface area contributed by atoms with Gasteiger partial charge < -0.3 is 34.4 Å². The molecule has 4 aromatic rings. The summed E-state index contributed by atoms with van der Waals surface area (Å²) in [7, 11) is 0. The van der Waals surface area contributed by atoms with E-state index < -0.39 is 29.7 Å². The molecule has 11 heteroatoms. The lowest BCUT2D eigenvalue weighted by Gasteiger charge is -2.28. The molecule has 0 saturated carbocycles. The molecule has 7 rings (SSSR count). The topological polar surface area (TPSA) is 160 Å². The smallest absolute Gasteiger partial charge is 0.249 e. The normalized spacial score (nSPS) is 23.8. The van der Waals surface area contributed by atoms with Crippen molar-refractivity contribution in [2.45, 2.75) is 70.9 Å². The number of aliphatic hydroxyl groups excluding tert-OH is 2. The maximum atomic E-state index is 14.0. The van der Waals surface area contributed by atoms with Crippen LogP contribution in [0.1, 0.15) is 74.2 Å². The molecule has 0 fully saturated rings. The fourth-order valence-electron chi connectivity index (χ4n) is 6.79. The number of hydrogen-bond donors (Lipinski definition) is 4. The highest BCUT2D eigenvalue weighted by atomic mass is 16.5. The van der Waals surface area contributed by atoms with E-state index >= 15 is 0 Å². The van der Waals surface area contributed by atoms with Gasteiger partial charge in [0.05, 0.1) is 6.61 Å². The van der Waals surface area contributed by atoms with E-state index in [1.54, 1.807) is 13.8 Å². The van der Waals surface area contributed by atoms with E-state index in [2.05, 4.69) is 15.6 Å². The van der Waals surface area contributed by atoms with Crippen LogP contribution in [-0.2, 0) is 28.0 Å². The van der Waals surface area contributed by atoms with Gasteiger partial charge in [-0.2, -0.15) is 0 Å². The minimum Gasteiger partial charge on any atom is -0.469 e. The Balaban J connectivity index is 1.48. The first-order valence-electron chi connectivity index (χ1n) is 15.4. The molecule has 2 unspecified atom stereocenters. The zero-order chi connectivity index (χ0) is 31.6. The molecule has 0 aliphatic carbocycles. The number of amides is 1. The maximum absolute atomic E-state index is 14.0. The van der Waals surface area contributed by atoms with Crippen molar-refractivity contribution in [3.8, 4) is 17.3 Å². The summed E-state index contributed by atoms with van der Waals surface area (Å²) in [5.41, 5.74) is 3.09. The number of Topliss-reactive ketones (excluding diaryl/α,β-unsaturated/α-hetero) is 1. The van der Waals surface area contributed by atoms with Crippen LogP contribution in [0.3, 0.4) is 0 Å². The summed E-state index contributed by atoms with van der Waals surface area (Å²) < 4.78 is 19.2. The Morgan fingerprint density at radius 1 is 1.09 bits per heavy atom. The van der Waals surface area contributed by atoms with Gasteiger partial charge in [0.1, 0.15) is 35.3 Å². The number of para-hydroxylation sites is 1. The van der Waals surface area contributed by atoms with E-state index in [-0.39, 0.29) is 54.8 Å². The molecule has 1 spiro atoms. The molecule has 1 amide bonds. The van der Waals surface area contributed by atoms with Crippen molar-refractivity contribution in [3.63, 3.8) is 0 Å². The second kappa shape index (κ2) is 10.8. The third kappa shape index (κ3) is 4.55. The summed E-state index contributed by atoms with van der Waals surface area (Å²) in [6.07, 6.45) is -0.233. The highest BCUT2D eigenvalue weighted by Crippen LogP contribution is 2.59. The van der Waals surface area contributed by atoms with Crippen LogP contribution in [0.5, 0.6) is 5.75 Å². The molecule has 3 aliphatic heterocycles. The molecule has 0 radical (unpaired) electrons. The van der Waals surface area contributed by atoms with Crippen LogP contribution in [0.4, 0.5) is 5.69 Å². The van der Waals surface area contributed by atoms with Crippen LogP contribution >= 0.6 is 0 Å². The third-order valence-corrected chi connectivity index (χ3v) is 9.16. The largest absolute Gasteiger partial charge is 0.469 e. The molecule has 5 heterocycles. The fourth-order valence-corrected chi connectivity index (χ4v) is 6.79. The third-order valence-electron chi connectivity index (χ3n) is 9.16. The van der Waals surface area contributed by atoms with E-state index in [0.717, 1.165) is 22.4 Å². The van der Waals surface area contributed by atoms with Crippen molar-refractivity contribution in [1.29, 1.82) is 0 Å². The van der Waals surface area contributed by atoms with E-state index in [1.807, 2.05) is 56.3 Å². The van der Waals surface area contributed by atoms with Crippen LogP contribution in [0.15, 0.2) is 57.6 Å². The number of ketones is 1. The van der Waals surface area contributed by atoms with Gasteiger partial charge in [-0.25, -0.2) is 9.97 Å². The highest BCUT2D eigenvalue weighted by Gasteiger charge is 2.61. The number of oxazole rings is 2. The molecule has 4 N–H and O–H groups in total. The Kier molecular flexibility index (Phi) is 7.05. The summed E-state index contributed by atoms with van der Waals surface area (Å²) in [6.45, 7) is 7.14. The van der Waals surface area contributed by atoms with Gasteiger partial charge in [0.15, 0.2) is 23.5 Å². The van der Waals surface area contributed by atoms with Gasteiger partial charge in [0.2, 0.25) is 17.7 Å². The van der Waals surface area contributed by atoms with Gasteiger partial charge in [-0.1, -0.05) is 58.0 Å². The Morgan fingerprint density at radius 2 is 1.89 bits per heavy atom. The van der Waals surface area contributed by atoms with Crippen LogP contribution < -0.4 is 15.4 Å². The molecule has 3 aliphatic rings. The zero-order valence-corrected chi connectivity index (χ0v) is 25.5. The SMILES string of the molecule is CC(C)[C@H](O)C(=O)CC1Cc2ccc3c(c2)[C@@]2(c4ccccc4NC2O3)c2oc(nc2-c2nc(CO)co2)[C@H](C(C)C)NC1=O. The molecule has 11 nitrogen and oxygen atoms in total. The summed E-state index contributed by atoms with van der Waals surface area (Å²) in [5.74, 6) is -0.388. The summed E-state index contributed by atoms with van der Waals surface area (Å²) in [4.78, 5) is 36.5. The predicted octanol–water partition coefficient (Wildman–Crippen LogP) is 4.26. The van der Waals surface area contributed by atoms with Gasteiger partial charge in [-0.3, -0.25) is 9.59 Å². The van der Waals surface area contributed by atoms with Crippen LogP contribution in [0.25, 0.3) is 11.6 Å². The monoisotopic (exact) mass is 612 g/mol. The molecule has 0 saturated heterocycles. The van der Waals surface area contributed by atoms with Gasteiger partial charge >= 0.3 is 0 Å². The number of ether oxygens (including phenoxy) is 1. The van der Waals surface area contributed by atoms with Gasteiger partial charge in [0, 0.05) is 23.6 Å². The lowest BCUT2D eigenvalue weighted by atomic mass is 9.72. The Labute approximate surface area is 260 Å². The molecule has 234 valence electrons. The Hall–Kier alpha value is -4.48. The average Bonchev–Trinajstić information content (AvgIpc) is 3.79. The summed E-state index contributed by atoms with van der Waals surface area (Å²) in [6, 6.07) is 13.0. The Morgan fingerprint density at radius 3 is 2.62 bits per heavy atom. The standard InChI is InChI=1S/C34H36N4O7/c1-16(2)26-32-38-27(31-35-20(14-39)15-43-31)29(45-32)34-21-7-5-6-8-23(21)36-33(34)44-25-10-9-18(12-22(25)34)11-19(30(42)37-26)13-24(40)28(41)17(3)4/h5-10,12,15-17,19,26,28,33,36,39,41H,11,13-14H2,1-4H3,(H,37,42)/t19?,26-,28-,33?,34-/m0/s1. The van der Waals surface area contributed by atoms with Gasteiger partial charge in [-0.05, 0) is 41.5 Å². The van der Waals surface area contributed by atoms with Crippen molar-refractivity contribution in [2.24, 2.45) is 17.8 Å². The van der Waals surface area contributed by atoms with Crippen LogP contribution in [0, 0.1) is 17.8 Å². The van der Waals surface area contributed by atoms with Crippen molar-refractivity contribution in [1.82, 2.24) is 15.3 Å². The molecular weight excluding hydrogens is 576 g/mol. The lowest BCUT2D eigenvalue weighted by Crippen LogP contribution is -2.41. The first kappa shape index (κ1) is 29.2. The number of carbonyl (C=O) groups excluding carboxylic acids is 2. The molecule has 5 atom stereocenters. The average molecular weight is 613 g/mol. The number of hydrogen-bond acceptors (Lipinski definition) is 10. The minimum absolute atomic E-state index is 0.121. The molecule has 2 aromatic heterocycles. The Bertz CT molecular complexity index is 1790. The number of nitrogens with zero attached hydrogens (tertiary/aromatic N) is 2. The van der Waals surface area contributed by atoms with Crippen LogP contribution in [-0.4, -0.2) is 44.2 Å². The lowest BCUT2D eigenvalue weighted by molar-refractivity contribution is -0.135. The molecular formula is C34H36N4O7. The minimum atomic E-state index is -1.17. The maximum Gasteiger partial charge on any atom is 0.249 e. The molecule has 4 bridgehead atoms. The number of rotatable bonds is 7. The second-order valence-electron chi connectivity index (χ2n) is 12.8. The number of anilines is 1. The fraction of sp³-hybridized carbons (Fsp3) is 0.412. The van der Waals surface area contributed by atoms with Crippen LogP contribution in [0.2, 0.25) is 0 Å². The quantitative estimate of drug-likeness (QED) is 0.237. The van der Waals surface area contributed by atoms with E-state index in [9.17, 15) is 19.8 Å². The number of aromatic nitrogens is 2. The van der Waals surface area contributed by atoms with E-state index in [1.165, 1.54) is 6.26 Å². The zero-order valence-electron chi connectivity index (χ0n) is 25.5. The number of benzene rings is 2. The summed E-state index contributed by atoms with van der Waals surface area (Å²) >= 11 is 0. The van der Waals surface area contributed by atoms with E-state index in [4.69, 9.17) is 18.6 Å². The first-order valence-corrected chi connectivity index (χ1v) is 15.4. The van der Waals surface area contributed by atoms with Crippen molar-refractivity contribution >= 4 is 17.4 Å². The first-order chi connectivity index (χ1) is 21.6. The highest BCUT2D eigenvalue weighted by molar-refractivity contribution is 5.89. The predicted molar refractivity (Wildman–Crippen MR) is 162 cm³/mol. The van der Waals surface area contributed by atoms with Gasteiger partial charge in [0.25, 0.3) is 0 Å². The van der Waals surface area contributed by atoms with Crippen molar-refractivity contribution in [2.75, 3.05) is 5.32 Å². The second-order valence-corrected chi connectivity index (χ2v) is 12.8. The summed E-state index contributed by atoms with van der Waals surface area (Å²) in [5, 5.41) is 26.9. The number of aliphatic hydroxyl groups is 2. The molecule has 2 aromatic carbocycles. The number of nitrogens with one attached hydrogen (secondary N) is 2. The van der Waals surface area contributed by atoms with E-state index in [0.29, 0.717) is 22.9 Å².